The van der Waals surface area contributed by atoms with Crippen LogP contribution in [0.5, 0.6) is 0 Å². The van der Waals surface area contributed by atoms with Crippen LogP contribution in [-0.2, 0) is 11.3 Å². The van der Waals surface area contributed by atoms with Gasteiger partial charge in [-0.3, -0.25) is 4.98 Å². The molecule has 2 rings (SSSR count). The predicted molar refractivity (Wildman–Crippen MR) is 100 cm³/mol. The minimum Gasteiger partial charge on any atom is -0.444 e. The van der Waals surface area contributed by atoms with Gasteiger partial charge in [0.25, 0.3) is 0 Å². The fourth-order valence-corrected chi connectivity index (χ4v) is 3.32. The van der Waals surface area contributed by atoms with Crippen molar-refractivity contribution in [1.29, 1.82) is 0 Å². The van der Waals surface area contributed by atoms with Gasteiger partial charge in [-0.2, -0.15) is 0 Å². The van der Waals surface area contributed by atoms with Crippen molar-refractivity contribution in [2.75, 3.05) is 0 Å². The molecule has 0 spiro atoms. The van der Waals surface area contributed by atoms with Crippen molar-refractivity contribution < 1.29 is 9.53 Å². The maximum atomic E-state index is 11.9. The highest BCUT2D eigenvalue weighted by molar-refractivity contribution is 8.00. The maximum absolute atomic E-state index is 11.9. The Labute approximate surface area is 148 Å². The van der Waals surface area contributed by atoms with Crippen molar-refractivity contribution in [3.8, 4) is 0 Å². The molecule has 0 saturated carbocycles. The van der Waals surface area contributed by atoms with Crippen molar-refractivity contribution in [1.82, 2.24) is 10.3 Å². The maximum Gasteiger partial charge on any atom is 0.407 e. The van der Waals surface area contributed by atoms with E-state index in [2.05, 4.69) is 37.1 Å². The Bertz CT molecular complexity index is 730. The predicted octanol–water partition coefficient (Wildman–Crippen LogP) is 5.15. The van der Waals surface area contributed by atoms with Crippen LogP contribution < -0.4 is 5.32 Å². The second-order valence-corrected chi connectivity index (χ2v) is 9.56. The van der Waals surface area contributed by atoms with Crippen LogP contribution in [0.25, 0.3) is 10.9 Å². The number of carbonyl (C=O) groups is 1. The zero-order valence-corrected chi connectivity index (χ0v) is 16.1. The molecule has 0 atom stereocenters. The summed E-state index contributed by atoms with van der Waals surface area (Å²) in [5.74, 6) is 0. The number of nitrogens with zero attached hydrogens (tertiary/aromatic N) is 1. The molecule has 0 aliphatic carbocycles. The second kappa shape index (κ2) is 7.01. The van der Waals surface area contributed by atoms with Crippen LogP contribution in [0, 0.1) is 0 Å². The highest BCUT2D eigenvalue weighted by Gasteiger charge is 2.17. The van der Waals surface area contributed by atoms with Gasteiger partial charge >= 0.3 is 6.09 Å². The number of ether oxygens (including phenoxy) is 1. The Morgan fingerprint density at radius 3 is 2.50 bits per heavy atom. The first kappa shape index (κ1) is 18.6. The van der Waals surface area contributed by atoms with Gasteiger partial charge in [0.2, 0.25) is 0 Å². The van der Waals surface area contributed by atoms with Crippen molar-refractivity contribution in [2.45, 2.75) is 63.3 Å². The number of para-hydroxylation sites is 1. The number of pyridine rings is 1. The summed E-state index contributed by atoms with van der Waals surface area (Å²) in [7, 11) is 0. The third-order valence-corrected chi connectivity index (χ3v) is 4.22. The number of rotatable bonds is 3. The summed E-state index contributed by atoms with van der Waals surface area (Å²) < 4.78 is 5.40. The molecule has 0 bridgehead atoms. The standard InChI is InChI=1S/C19H26N2O2S/c1-18(2,3)23-17(22)21-12-13-10-11-20-16-14(13)8-7-9-15(16)24-19(4,5)6/h7-11H,12H2,1-6H3,(H,21,22). The van der Waals surface area contributed by atoms with Crippen molar-refractivity contribution in [3.63, 3.8) is 0 Å². The Morgan fingerprint density at radius 2 is 1.88 bits per heavy atom. The molecule has 1 N–H and O–H groups in total. The smallest absolute Gasteiger partial charge is 0.407 e. The number of benzene rings is 1. The van der Waals surface area contributed by atoms with E-state index in [4.69, 9.17) is 4.74 Å². The van der Waals surface area contributed by atoms with Gasteiger partial charge in [-0.15, -0.1) is 11.8 Å². The van der Waals surface area contributed by atoms with Crippen LogP contribution in [0.3, 0.4) is 0 Å². The molecule has 0 radical (unpaired) electrons. The lowest BCUT2D eigenvalue weighted by atomic mass is 10.1. The number of aromatic nitrogens is 1. The lowest BCUT2D eigenvalue weighted by molar-refractivity contribution is 0.0524. The zero-order chi connectivity index (χ0) is 18.0. The first-order valence-corrected chi connectivity index (χ1v) is 8.89. The van der Waals surface area contributed by atoms with E-state index in [-0.39, 0.29) is 4.75 Å². The number of hydrogen-bond donors (Lipinski definition) is 1. The number of carbonyl (C=O) groups excluding carboxylic acids is 1. The molecule has 2 aromatic rings. The molecule has 130 valence electrons. The molecule has 0 aliphatic rings. The highest BCUT2D eigenvalue weighted by atomic mass is 32.2. The molecule has 0 saturated heterocycles. The van der Waals surface area contributed by atoms with Gasteiger partial charge in [-0.1, -0.05) is 32.9 Å². The summed E-state index contributed by atoms with van der Waals surface area (Å²) in [6.07, 6.45) is 1.38. The summed E-state index contributed by atoms with van der Waals surface area (Å²) in [5.41, 5.74) is 1.50. The highest BCUT2D eigenvalue weighted by Crippen LogP contribution is 2.36. The fraction of sp³-hybridized carbons (Fsp3) is 0.474. The number of nitrogens with one attached hydrogen (secondary N) is 1. The van der Waals surface area contributed by atoms with E-state index in [1.54, 1.807) is 18.0 Å². The van der Waals surface area contributed by atoms with Gasteiger partial charge in [0.15, 0.2) is 0 Å². The Balaban J connectivity index is 2.23. The first-order chi connectivity index (χ1) is 11.1. The SMILES string of the molecule is CC(C)(C)OC(=O)NCc1ccnc2c(SC(C)(C)C)cccc12. The molecule has 1 heterocycles. The third kappa shape index (κ3) is 5.41. The van der Waals surface area contributed by atoms with Crippen LogP contribution in [-0.4, -0.2) is 21.4 Å². The van der Waals surface area contributed by atoms with Gasteiger partial charge in [0.1, 0.15) is 5.60 Å². The molecule has 1 aromatic carbocycles. The number of thioether (sulfide) groups is 1. The van der Waals surface area contributed by atoms with Crippen LogP contribution in [0.1, 0.15) is 47.1 Å². The minimum atomic E-state index is -0.499. The summed E-state index contributed by atoms with van der Waals surface area (Å²) in [6, 6.07) is 8.11. The second-order valence-electron chi connectivity index (χ2n) is 7.69. The molecule has 24 heavy (non-hydrogen) atoms. The average Bonchev–Trinajstić information content (AvgIpc) is 2.42. The third-order valence-electron chi connectivity index (χ3n) is 3.06. The van der Waals surface area contributed by atoms with E-state index >= 15 is 0 Å². The van der Waals surface area contributed by atoms with E-state index in [1.807, 2.05) is 39.0 Å². The largest absolute Gasteiger partial charge is 0.444 e. The van der Waals surface area contributed by atoms with Gasteiger partial charge in [-0.25, -0.2) is 4.79 Å². The van der Waals surface area contributed by atoms with Crippen LogP contribution in [0.2, 0.25) is 0 Å². The van der Waals surface area contributed by atoms with E-state index in [0.29, 0.717) is 6.54 Å². The van der Waals surface area contributed by atoms with E-state index in [1.165, 1.54) is 0 Å². The van der Waals surface area contributed by atoms with Gasteiger partial charge < -0.3 is 10.1 Å². The fourth-order valence-electron chi connectivity index (χ4n) is 2.25. The number of hydrogen-bond acceptors (Lipinski definition) is 4. The van der Waals surface area contributed by atoms with Crippen LogP contribution in [0.15, 0.2) is 35.4 Å². The molecular weight excluding hydrogens is 320 g/mol. The normalized spacial score (nSPS) is 12.2. The van der Waals surface area contributed by atoms with E-state index in [9.17, 15) is 4.79 Å². The monoisotopic (exact) mass is 346 g/mol. The molecule has 1 aromatic heterocycles. The molecule has 4 nitrogen and oxygen atoms in total. The topological polar surface area (TPSA) is 51.2 Å². The molecule has 0 aliphatic heterocycles. The first-order valence-electron chi connectivity index (χ1n) is 8.08. The van der Waals surface area contributed by atoms with Crippen molar-refractivity contribution in [3.05, 3.63) is 36.0 Å². The number of amides is 1. The lowest BCUT2D eigenvalue weighted by Crippen LogP contribution is -2.32. The molecule has 5 heteroatoms. The van der Waals surface area contributed by atoms with Crippen molar-refractivity contribution >= 4 is 28.8 Å². The van der Waals surface area contributed by atoms with Crippen molar-refractivity contribution in [2.24, 2.45) is 0 Å². The Hall–Kier alpha value is -1.75. The van der Waals surface area contributed by atoms with E-state index < -0.39 is 11.7 Å². The lowest BCUT2D eigenvalue weighted by Gasteiger charge is -2.20. The number of alkyl carbamates (subject to hydrolysis) is 1. The van der Waals surface area contributed by atoms with Gasteiger partial charge in [0.05, 0.1) is 5.52 Å². The molecule has 0 unspecified atom stereocenters. The summed E-state index contributed by atoms with van der Waals surface area (Å²) in [4.78, 5) is 17.6. The molecule has 1 amide bonds. The Morgan fingerprint density at radius 1 is 1.17 bits per heavy atom. The van der Waals surface area contributed by atoms with Gasteiger partial charge in [0, 0.05) is 27.8 Å². The molecular formula is C19H26N2O2S. The van der Waals surface area contributed by atoms with Crippen LogP contribution in [0.4, 0.5) is 4.79 Å². The summed E-state index contributed by atoms with van der Waals surface area (Å²) >= 11 is 1.80. The summed E-state index contributed by atoms with van der Waals surface area (Å²) in [6.45, 7) is 12.5. The minimum absolute atomic E-state index is 0.112. The van der Waals surface area contributed by atoms with Crippen LogP contribution >= 0.6 is 11.8 Å². The average molecular weight is 346 g/mol. The number of fused-ring (bicyclic) bond motifs is 1. The quantitative estimate of drug-likeness (QED) is 0.781. The Kier molecular flexibility index (Phi) is 5.43. The van der Waals surface area contributed by atoms with Gasteiger partial charge in [-0.05, 0) is 38.5 Å². The summed E-state index contributed by atoms with van der Waals surface area (Å²) in [5, 5.41) is 3.88. The van der Waals surface area contributed by atoms with E-state index in [0.717, 1.165) is 21.4 Å². The molecule has 0 fully saturated rings. The zero-order valence-electron chi connectivity index (χ0n) is 15.3.